The van der Waals surface area contributed by atoms with E-state index < -0.39 is 0 Å². The van der Waals surface area contributed by atoms with E-state index in [0.29, 0.717) is 11.5 Å². The number of nitrogens with one attached hydrogen (secondary N) is 1. The number of methoxy groups -OCH3 is 1. The van der Waals surface area contributed by atoms with Gasteiger partial charge in [-0.3, -0.25) is 4.79 Å². The van der Waals surface area contributed by atoms with Gasteiger partial charge in [0, 0.05) is 14.0 Å². The first kappa shape index (κ1) is 11.6. The summed E-state index contributed by atoms with van der Waals surface area (Å²) in [7, 11) is 3.27. The molecule has 0 saturated heterocycles. The summed E-state index contributed by atoms with van der Waals surface area (Å²) in [6, 6.07) is 5.48. The van der Waals surface area contributed by atoms with Gasteiger partial charge in [-0.05, 0) is 29.7 Å². The molecule has 0 saturated carbocycles. The van der Waals surface area contributed by atoms with Gasteiger partial charge in [0.05, 0.1) is 7.11 Å². The molecule has 0 atom stereocenters. The van der Waals surface area contributed by atoms with Crippen molar-refractivity contribution in [3.63, 3.8) is 0 Å². The summed E-state index contributed by atoms with van der Waals surface area (Å²) in [6.07, 6.45) is 0. The Bertz CT molecular complexity index is 364. The summed E-state index contributed by atoms with van der Waals surface area (Å²) in [5.74, 6) is 1.10. The number of rotatable bonds is 3. The molecular formula is C12H19NO2. The van der Waals surface area contributed by atoms with Crippen molar-refractivity contribution in [1.29, 1.82) is 0 Å². The largest absolute Gasteiger partial charge is 0.496 e. The maximum absolute atomic E-state index is 11.4. The fraction of sp³-hybridized carbons (Fsp3) is 0.417. The minimum absolute atomic E-state index is 0. The number of hydrogen-bond donors (Lipinski definition) is 1. The van der Waals surface area contributed by atoms with E-state index in [4.69, 9.17) is 4.74 Å². The lowest BCUT2D eigenvalue weighted by molar-refractivity contribution is 0.0963. The van der Waals surface area contributed by atoms with Crippen LogP contribution in [0.3, 0.4) is 0 Å². The quantitative estimate of drug-likeness (QED) is 0.830. The van der Waals surface area contributed by atoms with Crippen LogP contribution >= 0.6 is 0 Å². The Hall–Kier alpha value is -1.51. The van der Waals surface area contributed by atoms with Crippen LogP contribution in [0.25, 0.3) is 0 Å². The lowest BCUT2D eigenvalue weighted by Crippen LogP contribution is -2.18. The van der Waals surface area contributed by atoms with Gasteiger partial charge in [-0.25, -0.2) is 0 Å². The topological polar surface area (TPSA) is 38.3 Å². The zero-order valence-electron chi connectivity index (χ0n) is 9.63. The molecular weight excluding hydrogens is 190 g/mol. The van der Waals surface area contributed by atoms with Gasteiger partial charge in [0.1, 0.15) is 5.75 Å². The van der Waals surface area contributed by atoms with E-state index in [0.717, 1.165) is 11.3 Å². The smallest absolute Gasteiger partial charge is 0.251 e. The highest BCUT2D eigenvalue weighted by Gasteiger charge is 2.11. The number of benzene rings is 1. The number of carbonyl (C=O) groups excluding carboxylic acids is 1. The van der Waals surface area contributed by atoms with Gasteiger partial charge in [-0.2, -0.15) is 0 Å². The molecule has 3 nitrogen and oxygen atoms in total. The third-order valence-corrected chi connectivity index (χ3v) is 2.34. The molecule has 0 spiro atoms. The van der Waals surface area contributed by atoms with Gasteiger partial charge in [0.2, 0.25) is 0 Å². The van der Waals surface area contributed by atoms with E-state index >= 15 is 0 Å². The second-order valence-electron chi connectivity index (χ2n) is 3.69. The van der Waals surface area contributed by atoms with Crippen molar-refractivity contribution >= 4 is 5.91 Å². The van der Waals surface area contributed by atoms with Gasteiger partial charge in [-0.15, -0.1) is 0 Å². The van der Waals surface area contributed by atoms with E-state index in [1.165, 1.54) is 0 Å². The lowest BCUT2D eigenvalue weighted by Gasteiger charge is -2.12. The van der Waals surface area contributed by atoms with Crippen molar-refractivity contribution in [2.45, 2.75) is 19.8 Å². The SMILES string of the molecule is CNC(=O)c1ccc(OC)c(C(C)C)c1.[HH]. The lowest BCUT2D eigenvalue weighted by atomic mass is 9.99. The average Bonchev–Trinajstić information content (AvgIpc) is 2.27. The van der Waals surface area contributed by atoms with E-state index in [2.05, 4.69) is 19.2 Å². The summed E-state index contributed by atoms with van der Waals surface area (Å²) in [4.78, 5) is 11.4. The second kappa shape index (κ2) is 4.82. The Balaban J connectivity index is 0.00000225. The summed E-state index contributed by atoms with van der Waals surface area (Å²) in [5, 5.41) is 2.61. The Labute approximate surface area is 91.9 Å². The van der Waals surface area contributed by atoms with Crippen molar-refractivity contribution in [1.82, 2.24) is 5.32 Å². The Morgan fingerprint density at radius 2 is 2.13 bits per heavy atom. The molecule has 0 fully saturated rings. The number of hydrogen-bond acceptors (Lipinski definition) is 2. The average molecular weight is 209 g/mol. The first-order chi connectivity index (χ1) is 7.10. The molecule has 0 heterocycles. The molecule has 0 aliphatic carbocycles. The van der Waals surface area contributed by atoms with Crippen LogP contribution in [0.1, 0.15) is 37.1 Å². The fourth-order valence-electron chi connectivity index (χ4n) is 1.47. The molecule has 3 heteroatoms. The zero-order chi connectivity index (χ0) is 11.4. The predicted molar refractivity (Wildman–Crippen MR) is 62.6 cm³/mol. The molecule has 15 heavy (non-hydrogen) atoms. The number of amides is 1. The molecule has 1 amide bonds. The molecule has 1 N–H and O–H groups in total. The van der Waals surface area contributed by atoms with Crippen LogP contribution in [0, 0.1) is 0 Å². The van der Waals surface area contributed by atoms with E-state index in [-0.39, 0.29) is 7.33 Å². The molecule has 1 aromatic rings. The molecule has 84 valence electrons. The van der Waals surface area contributed by atoms with Gasteiger partial charge in [0.25, 0.3) is 5.91 Å². The van der Waals surface area contributed by atoms with E-state index in [9.17, 15) is 4.79 Å². The Kier molecular flexibility index (Phi) is 3.72. The number of carbonyl (C=O) groups is 1. The highest BCUT2D eigenvalue weighted by Crippen LogP contribution is 2.27. The van der Waals surface area contributed by atoms with Gasteiger partial charge < -0.3 is 10.1 Å². The summed E-state index contributed by atoms with van der Waals surface area (Å²) in [5.41, 5.74) is 1.72. The first-order valence-electron chi connectivity index (χ1n) is 5.00. The Morgan fingerprint density at radius 3 is 2.60 bits per heavy atom. The van der Waals surface area contributed by atoms with Crippen molar-refractivity contribution in [2.75, 3.05) is 14.2 Å². The maximum Gasteiger partial charge on any atom is 0.251 e. The van der Waals surface area contributed by atoms with Crippen LogP contribution in [0.4, 0.5) is 0 Å². The first-order valence-corrected chi connectivity index (χ1v) is 5.00. The summed E-state index contributed by atoms with van der Waals surface area (Å²) in [6.45, 7) is 4.15. The number of ether oxygens (including phenoxy) is 1. The van der Waals surface area contributed by atoms with Crippen LogP contribution in [-0.4, -0.2) is 20.1 Å². The zero-order valence-corrected chi connectivity index (χ0v) is 9.63. The maximum atomic E-state index is 11.4. The van der Waals surface area contributed by atoms with Gasteiger partial charge in [-0.1, -0.05) is 13.8 Å². The third kappa shape index (κ3) is 2.49. The van der Waals surface area contributed by atoms with Crippen LogP contribution < -0.4 is 10.1 Å². The van der Waals surface area contributed by atoms with Gasteiger partial charge >= 0.3 is 0 Å². The van der Waals surface area contributed by atoms with Crippen molar-refractivity contribution in [2.24, 2.45) is 0 Å². The third-order valence-electron chi connectivity index (χ3n) is 2.34. The molecule has 1 aromatic carbocycles. The molecule has 0 aromatic heterocycles. The van der Waals surface area contributed by atoms with Crippen molar-refractivity contribution < 1.29 is 11.0 Å². The second-order valence-corrected chi connectivity index (χ2v) is 3.69. The highest BCUT2D eigenvalue weighted by molar-refractivity contribution is 5.94. The molecule has 0 radical (unpaired) electrons. The molecule has 0 aliphatic rings. The van der Waals surface area contributed by atoms with Crippen LogP contribution in [0.15, 0.2) is 18.2 Å². The monoisotopic (exact) mass is 209 g/mol. The van der Waals surface area contributed by atoms with E-state index in [1.54, 1.807) is 20.2 Å². The van der Waals surface area contributed by atoms with Crippen LogP contribution in [0.5, 0.6) is 5.75 Å². The minimum Gasteiger partial charge on any atom is -0.496 e. The van der Waals surface area contributed by atoms with Gasteiger partial charge in [0.15, 0.2) is 0 Å². The molecule has 0 bridgehead atoms. The highest BCUT2D eigenvalue weighted by atomic mass is 16.5. The summed E-state index contributed by atoms with van der Waals surface area (Å²) >= 11 is 0. The minimum atomic E-state index is -0.0699. The molecule has 1 rings (SSSR count). The molecule has 0 aliphatic heterocycles. The normalized spacial score (nSPS) is 10.2. The Morgan fingerprint density at radius 1 is 1.47 bits per heavy atom. The molecule has 0 unspecified atom stereocenters. The fourth-order valence-corrected chi connectivity index (χ4v) is 1.47. The van der Waals surface area contributed by atoms with Crippen LogP contribution in [0.2, 0.25) is 0 Å². The van der Waals surface area contributed by atoms with Crippen molar-refractivity contribution in [3.05, 3.63) is 29.3 Å². The van der Waals surface area contributed by atoms with E-state index in [1.807, 2.05) is 12.1 Å². The standard InChI is InChI=1S/C12H17NO2.H2/c1-8(2)10-7-9(12(14)13-3)5-6-11(10)15-4;/h5-8H,1-4H3,(H,13,14);1H. The summed E-state index contributed by atoms with van der Waals surface area (Å²) < 4.78 is 5.24. The van der Waals surface area contributed by atoms with Crippen molar-refractivity contribution in [3.8, 4) is 5.75 Å². The van der Waals surface area contributed by atoms with Crippen LogP contribution in [-0.2, 0) is 0 Å². The predicted octanol–water partition coefficient (Wildman–Crippen LogP) is 2.42.